The molecule has 2 aromatic rings. The second-order valence-electron chi connectivity index (χ2n) is 3.38. The molecule has 1 heterocycles. The van der Waals surface area contributed by atoms with Crippen LogP contribution in [0.5, 0.6) is 11.5 Å². The van der Waals surface area contributed by atoms with Crippen molar-refractivity contribution in [1.29, 1.82) is 0 Å². The number of rotatable bonds is 4. The first-order valence-electron chi connectivity index (χ1n) is 5.02. The third kappa shape index (κ3) is 2.44. The zero-order chi connectivity index (χ0) is 12.3. The van der Waals surface area contributed by atoms with Gasteiger partial charge in [-0.3, -0.25) is 0 Å². The van der Waals surface area contributed by atoms with Crippen molar-refractivity contribution in [1.82, 2.24) is 5.16 Å². The largest absolute Gasteiger partial charge is 0.493 e. The van der Waals surface area contributed by atoms with Gasteiger partial charge in [0.05, 0.1) is 19.5 Å². The molecule has 0 atom stereocenters. The zero-order valence-corrected chi connectivity index (χ0v) is 11.2. The Morgan fingerprint density at radius 2 is 1.94 bits per heavy atom. The number of halogens is 1. The molecule has 0 spiro atoms. The van der Waals surface area contributed by atoms with Crippen molar-refractivity contribution >= 4 is 15.9 Å². The number of alkyl halides is 1. The van der Waals surface area contributed by atoms with Gasteiger partial charge in [-0.15, -0.1) is 0 Å². The predicted molar refractivity (Wildman–Crippen MR) is 67.7 cm³/mol. The first-order valence-corrected chi connectivity index (χ1v) is 6.14. The van der Waals surface area contributed by atoms with E-state index in [0.717, 1.165) is 17.0 Å². The zero-order valence-electron chi connectivity index (χ0n) is 9.57. The Bertz CT molecular complexity index is 510. The van der Waals surface area contributed by atoms with E-state index in [1.807, 2.05) is 24.3 Å². The Kier molecular flexibility index (Phi) is 3.68. The van der Waals surface area contributed by atoms with Gasteiger partial charge in [0.2, 0.25) is 0 Å². The van der Waals surface area contributed by atoms with Crippen LogP contribution in [0.4, 0.5) is 0 Å². The van der Waals surface area contributed by atoms with E-state index in [9.17, 15) is 0 Å². The van der Waals surface area contributed by atoms with Crippen LogP contribution < -0.4 is 9.47 Å². The molecular formula is C12H12BrNO3. The lowest BCUT2D eigenvalue weighted by Gasteiger charge is -2.07. The Balaban J connectivity index is 2.38. The minimum atomic E-state index is 0.646. The highest BCUT2D eigenvalue weighted by Gasteiger charge is 2.09. The van der Waals surface area contributed by atoms with Gasteiger partial charge in [0.25, 0.3) is 0 Å². The SMILES string of the molecule is COc1ccc(-c2cc(CBr)on2)cc1OC. The first-order chi connectivity index (χ1) is 8.28. The lowest BCUT2D eigenvalue weighted by Crippen LogP contribution is -1.90. The van der Waals surface area contributed by atoms with Gasteiger partial charge in [-0.2, -0.15) is 0 Å². The third-order valence-corrected chi connectivity index (χ3v) is 2.92. The number of benzene rings is 1. The van der Waals surface area contributed by atoms with Crippen LogP contribution in [0.25, 0.3) is 11.3 Å². The summed E-state index contributed by atoms with van der Waals surface area (Å²) in [6.07, 6.45) is 0. The molecule has 4 nitrogen and oxygen atoms in total. The summed E-state index contributed by atoms with van der Waals surface area (Å²) >= 11 is 3.32. The summed E-state index contributed by atoms with van der Waals surface area (Å²) in [7, 11) is 3.21. The van der Waals surface area contributed by atoms with E-state index in [4.69, 9.17) is 14.0 Å². The molecule has 0 saturated heterocycles. The van der Waals surface area contributed by atoms with Gasteiger partial charge in [0.1, 0.15) is 11.5 Å². The summed E-state index contributed by atoms with van der Waals surface area (Å²) in [5.41, 5.74) is 1.71. The Labute approximate surface area is 108 Å². The smallest absolute Gasteiger partial charge is 0.161 e. The van der Waals surface area contributed by atoms with E-state index in [1.54, 1.807) is 14.2 Å². The Morgan fingerprint density at radius 3 is 2.53 bits per heavy atom. The van der Waals surface area contributed by atoms with Gasteiger partial charge in [0.15, 0.2) is 11.5 Å². The van der Waals surface area contributed by atoms with Crippen molar-refractivity contribution < 1.29 is 14.0 Å². The molecule has 0 unspecified atom stereocenters. The minimum Gasteiger partial charge on any atom is -0.493 e. The second kappa shape index (κ2) is 5.23. The van der Waals surface area contributed by atoms with Crippen LogP contribution in [-0.4, -0.2) is 19.4 Å². The van der Waals surface area contributed by atoms with Crippen LogP contribution >= 0.6 is 15.9 Å². The minimum absolute atomic E-state index is 0.646. The maximum atomic E-state index is 5.24. The van der Waals surface area contributed by atoms with Crippen molar-refractivity contribution in [2.75, 3.05) is 14.2 Å². The highest BCUT2D eigenvalue weighted by Crippen LogP contribution is 2.32. The lowest BCUT2D eigenvalue weighted by molar-refractivity contribution is 0.355. The van der Waals surface area contributed by atoms with Crippen LogP contribution in [0.15, 0.2) is 28.8 Å². The topological polar surface area (TPSA) is 44.5 Å². The van der Waals surface area contributed by atoms with Crippen molar-refractivity contribution in [3.05, 3.63) is 30.0 Å². The highest BCUT2D eigenvalue weighted by molar-refractivity contribution is 9.08. The Morgan fingerprint density at radius 1 is 1.18 bits per heavy atom. The Hall–Kier alpha value is -1.49. The van der Waals surface area contributed by atoms with E-state index in [2.05, 4.69) is 21.1 Å². The fraction of sp³-hybridized carbons (Fsp3) is 0.250. The summed E-state index contributed by atoms with van der Waals surface area (Å²) in [6, 6.07) is 7.51. The van der Waals surface area contributed by atoms with Crippen molar-refractivity contribution in [3.63, 3.8) is 0 Å². The first kappa shape index (κ1) is 12.0. The molecule has 5 heteroatoms. The predicted octanol–water partition coefficient (Wildman–Crippen LogP) is 3.25. The molecule has 0 aliphatic carbocycles. The average molecular weight is 298 g/mol. The molecule has 0 fully saturated rings. The van der Waals surface area contributed by atoms with Gasteiger partial charge in [-0.05, 0) is 18.2 Å². The van der Waals surface area contributed by atoms with Gasteiger partial charge < -0.3 is 14.0 Å². The standard InChI is InChI=1S/C12H12BrNO3/c1-15-11-4-3-8(5-12(11)16-2)10-6-9(7-13)17-14-10/h3-6H,7H2,1-2H3. The van der Waals surface area contributed by atoms with Crippen LogP contribution in [0.3, 0.4) is 0 Å². The average Bonchev–Trinajstić information content (AvgIpc) is 2.86. The highest BCUT2D eigenvalue weighted by atomic mass is 79.9. The number of methoxy groups -OCH3 is 2. The molecule has 2 rings (SSSR count). The van der Waals surface area contributed by atoms with E-state index in [1.165, 1.54) is 0 Å². The number of nitrogens with zero attached hydrogens (tertiary/aromatic N) is 1. The monoisotopic (exact) mass is 297 g/mol. The summed E-state index contributed by atoms with van der Waals surface area (Å²) in [4.78, 5) is 0. The van der Waals surface area contributed by atoms with E-state index in [-0.39, 0.29) is 0 Å². The van der Waals surface area contributed by atoms with Gasteiger partial charge in [0, 0.05) is 11.6 Å². The summed E-state index contributed by atoms with van der Waals surface area (Å²) in [5.74, 6) is 2.16. The van der Waals surface area contributed by atoms with Crippen molar-refractivity contribution in [2.24, 2.45) is 0 Å². The molecular weight excluding hydrogens is 286 g/mol. The van der Waals surface area contributed by atoms with Crippen LogP contribution in [0.1, 0.15) is 5.76 Å². The normalized spacial score (nSPS) is 10.3. The maximum absolute atomic E-state index is 5.24. The molecule has 17 heavy (non-hydrogen) atoms. The molecule has 0 radical (unpaired) electrons. The summed E-state index contributed by atoms with van der Waals surface area (Å²) in [5, 5.41) is 4.63. The quantitative estimate of drug-likeness (QED) is 0.813. The molecule has 0 amide bonds. The van der Waals surface area contributed by atoms with Gasteiger partial charge >= 0.3 is 0 Å². The number of hydrogen-bond donors (Lipinski definition) is 0. The van der Waals surface area contributed by atoms with E-state index < -0.39 is 0 Å². The van der Waals surface area contributed by atoms with Gasteiger partial charge in [-0.25, -0.2) is 0 Å². The molecule has 0 bridgehead atoms. The third-order valence-electron chi connectivity index (χ3n) is 2.37. The van der Waals surface area contributed by atoms with Crippen molar-refractivity contribution in [3.8, 4) is 22.8 Å². The maximum Gasteiger partial charge on any atom is 0.161 e. The van der Waals surface area contributed by atoms with Crippen LogP contribution in [0, 0.1) is 0 Å². The van der Waals surface area contributed by atoms with Gasteiger partial charge in [-0.1, -0.05) is 21.1 Å². The molecule has 1 aromatic heterocycles. The van der Waals surface area contributed by atoms with Crippen molar-refractivity contribution in [2.45, 2.75) is 5.33 Å². The lowest BCUT2D eigenvalue weighted by atomic mass is 10.1. The summed E-state index contributed by atoms with van der Waals surface area (Å²) in [6.45, 7) is 0. The van der Waals surface area contributed by atoms with E-state index in [0.29, 0.717) is 16.8 Å². The summed E-state index contributed by atoms with van der Waals surface area (Å²) < 4.78 is 15.5. The molecule has 0 aliphatic rings. The molecule has 0 aliphatic heterocycles. The molecule has 0 saturated carbocycles. The fourth-order valence-electron chi connectivity index (χ4n) is 1.51. The number of ether oxygens (including phenoxy) is 2. The second-order valence-corrected chi connectivity index (χ2v) is 3.94. The van der Waals surface area contributed by atoms with Crippen LogP contribution in [0.2, 0.25) is 0 Å². The van der Waals surface area contributed by atoms with E-state index >= 15 is 0 Å². The van der Waals surface area contributed by atoms with Crippen LogP contribution in [-0.2, 0) is 5.33 Å². The number of aromatic nitrogens is 1. The number of hydrogen-bond acceptors (Lipinski definition) is 4. The molecule has 90 valence electrons. The fourth-order valence-corrected chi connectivity index (χ4v) is 1.77. The molecule has 0 N–H and O–H groups in total. The molecule has 1 aromatic carbocycles.